The Morgan fingerprint density at radius 2 is 1.65 bits per heavy atom. The molecule has 0 bridgehead atoms. The first-order valence-electron chi connectivity index (χ1n) is 5.96. The Kier molecular flexibility index (Phi) is 4.55. The minimum Gasteiger partial charge on any atom is -0.491 e. The van der Waals surface area contributed by atoms with Crippen molar-refractivity contribution in [3.63, 3.8) is 0 Å². The van der Waals surface area contributed by atoms with E-state index in [9.17, 15) is 4.79 Å². The quantitative estimate of drug-likeness (QED) is 0.802. The van der Waals surface area contributed by atoms with E-state index in [1.165, 1.54) is 0 Å². The van der Waals surface area contributed by atoms with E-state index in [1.54, 1.807) is 11.9 Å². The number of hydrogen-bond donors (Lipinski definition) is 0. The summed E-state index contributed by atoms with van der Waals surface area (Å²) in [6, 6.07) is 7.58. The van der Waals surface area contributed by atoms with Gasteiger partial charge in [0.15, 0.2) is 0 Å². The molecule has 0 aliphatic rings. The molecule has 17 heavy (non-hydrogen) atoms. The third-order valence-corrected chi connectivity index (χ3v) is 2.42. The molecule has 94 valence electrons. The van der Waals surface area contributed by atoms with Gasteiger partial charge in [-0.05, 0) is 38.1 Å². The van der Waals surface area contributed by atoms with Gasteiger partial charge in [0.05, 0.1) is 6.10 Å². The van der Waals surface area contributed by atoms with E-state index in [4.69, 9.17) is 4.74 Å². The lowest BCUT2D eigenvalue weighted by atomic mass is 10.2. The van der Waals surface area contributed by atoms with Crippen LogP contribution in [0.3, 0.4) is 0 Å². The van der Waals surface area contributed by atoms with Gasteiger partial charge in [-0.2, -0.15) is 0 Å². The molecule has 1 aromatic carbocycles. The lowest BCUT2D eigenvalue weighted by Crippen LogP contribution is -2.30. The van der Waals surface area contributed by atoms with Crippen molar-refractivity contribution in [2.45, 2.75) is 33.8 Å². The lowest BCUT2D eigenvalue weighted by Gasteiger charge is -2.20. The average molecular weight is 235 g/mol. The molecule has 3 heteroatoms. The molecule has 0 heterocycles. The normalized spacial score (nSPS) is 10.8. The van der Waals surface area contributed by atoms with Gasteiger partial charge in [-0.25, -0.2) is 0 Å². The Hall–Kier alpha value is -1.51. The van der Waals surface area contributed by atoms with Crippen LogP contribution in [0, 0.1) is 5.92 Å². The fraction of sp³-hybridized carbons (Fsp3) is 0.500. The van der Waals surface area contributed by atoms with Crippen LogP contribution in [-0.4, -0.2) is 19.1 Å². The fourth-order valence-corrected chi connectivity index (χ4v) is 1.54. The highest BCUT2D eigenvalue weighted by Gasteiger charge is 2.14. The van der Waals surface area contributed by atoms with E-state index >= 15 is 0 Å². The standard InChI is InChI=1S/C14H21NO2/c1-10(2)14(16)15(5)12-6-8-13(9-7-12)17-11(3)4/h6-11H,1-5H3. The Labute approximate surface area is 103 Å². The Morgan fingerprint density at radius 3 is 2.06 bits per heavy atom. The summed E-state index contributed by atoms with van der Waals surface area (Å²) < 4.78 is 5.55. The van der Waals surface area contributed by atoms with Crippen LogP contribution in [0.15, 0.2) is 24.3 Å². The van der Waals surface area contributed by atoms with Crippen molar-refractivity contribution in [3.05, 3.63) is 24.3 Å². The summed E-state index contributed by atoms with van der Waals surface area (Å²) >= 11 is 0. The minimum atomic E-state index is 0.00610. The van der Waals surface area contributed by atoms with Crippen LogP contribution in [0.5, 0.6) is 5.75 Å². The average Bonchev–Trinajstić information content (AvgIpc) is 2.27. The van der Waals surface area contributed by atoms with E-state index in [0.29, 0.717) is 0 Å². The van der Waals surface area contributed by atoms with Crippen molar-refractivity contribution in [2.24, 2.45) is 5.92 Å². The van der Waals surface area contributed by atoms with Crippen molar-refractivity contribution >= 4 is 11.6 Å². The van der Waals surface area contributed by atoms with Gasteiger partial charge < -0.3 is 9.64 Å². The first-order chi connectivity index (χ1) is 7.91. The van der Waals surface area contributed by atoms with Gasteiger partial charge in [0.25, 0.3) is 0 Å². The molecule has 0 N–H and O–H groups in total. The molecule has 0 saturated carbocycles. The number of amides is 1. The molecule has 1 rings (SSSR count). The van der Waals surface area contributed by atoms with E-state index < -0.39 is 0 Å². The van der Waals surface area contributed by atoms with Gasteiger partial charge in [0.1, 0.15) is 5.75 Å². The third kappa shape index (κ3) is 3.77. The second-order valence-electron chi connectivity index (χ2n) is 4.71. The molecule has 0 aliphatic carbocycles. The maximum atomic E-state index is 11.8. The zero-order valence-corrected chi connectivity index (χ0v) is 11.2. The third-order valence-electron chi connectivity index (χ3n) is 2.42. The first-order valence-corrected chi connectivity index (χ1v) is 5.96. The lowest BCUT2D eigenvalue weighted by molar-refractivity contribution is -0.121. The summed E-state index contributed by atoms with van der Waals surface area (Å²) in [5, 5.41) is 0. The summed E-state index contributed by atoms with van der Waals surface area (Å²) in [6.07, 6.45) is 0.163. The predicted molar refractivity (Wildman–Crippen MR) is 70.5 cm³/mol. The molecule has 0 spiro atoms. The monoisotopic (exact) mass is 235 g/mol. The number of nitrogens with zero attached hydrogens (tertiary/aromatic N) is 1. The van der Waals surface area contributed by atoms with Crippen LogP contribution in [0.25, 0.3) is 0 Å². The second-order valence-corrected chi connectivity index (χ2v) is 4.71. The van der Waals surface area contributed by atoms with Crippen molar-refractivity contribution in [1.29, 1.82) is 0 Å². The zero-order chi connectivity index (χ0) is 13.0. The molecule has 0 aliphatic heterocycles. The fourth-order valence-electron chi connectivity index (χ4n) is 1.54. The van der Waals surface area contributed by atoms with Crippen molar-refractivity contribution < 1.29 is 9.53 Å². The van der Waals surface area contributed by atoms with Gasteiger partial charge in [-0.3, -0.25) is 4.79 Å². The molecule has 3 nitrogen and oxygen atoms in total. The Morgan fingerprint density at radius 1 is 1.12 bits per heavy atom. The summed E-state index contributed by atoms with van der Waals surface area (Å²) in [4.78, 5) is 13.5. The topological polar surface area (TPSA) is 29.5 Å². The molecule has 1 amide bonds. The molecule has 0 aromatic heterocycles. The molecule has 0 saturated heterocycles. The van der Waals surface area contributed by atoms with E-state index in [1.807, 2.05) is 52.0 Å². The van der Waals surface area contributed by atoms with Gasteiger partial charge >= 0.3 is 0 Å². The highest BCUT2D eigenvalue weighted by molar-refractivity contribution is 5.94. The number of benzene rings is 1. The van der Waals surface area contributed by atoms with Crippen LogP contribution in [0.1, 0.15) is 27.7 Å². The number of anilines is 1. The van der Waals surface area contributed by atoms with Gasteiger partial charge in [-0.1, -0.05) is 13.8 Å². The molecule has 0 atom stereocenters. The van der Waals surface area contributed by atoms with Gasteiger partial charge in [-0.15, -0.1) is 0 Å². The summed E-state index contributed by atoms with van der Waals surface area (Å²) in [7, 11) is 1.79. The smallest absolute Gasteiger partial charge is 0.229 e. The van der Waals surface area contributed by atoms with Crippen molar-refractivity contribution in [2.75, 3.05) is 11.9 Å². The minimum absolute atomic E-state index is 0.00610. The number of hydrogen-bond acceptors (Lipinski definition) is 2. The Bertz CT molecular complexity index is 368. The van der Waals surface area contributed by atoms with E-state index in [-0.39, 0.29) is 17.9 Å². The van der Waals surface area contributed by atoms with Gasteiger partial charge in [0, 0.05) is 18.7 Å². The number of carbonyl (C=O) groups excluding carboxylic acids is 1. The van der Waals surface area contributed by atoms with E-state index in [2.05, 4.69) is 0 Å². The number of carbonyl (C=O) groups is 1. The maximum absolute atomic E-state index is 11.8. The van der Waals surface area contributed by atoms with E-state index in [0.717, 1.165) is 11.4 Å². The van der Waals surface area contributed by atoms with Crippen LogP contribution in [0.4, 0.5) is 5.69 Å². The summed E-state index contributed by atoms with van der Waals surface area (Å²) in [6.45, 7) is 7.77. The molecule has 1 aromatic rings. The highest BCUT2D eigenvalue weighted by Crippen LogP contribution is 2.20. The van der Waals surface area contributed by atoms with Gasteiger partial charge in [0.2, 0.25) is 5.91 Å². The maximum Gasteiger partial charge on any atom is 0.229 e. The molecule has 0 fully saturated rings. The Balaban J connectivity index is 2.77. The molecule has 0 unspecified atom stereocenters. The largest absolute Gasteiger partial charge is 0.491 e. The summed E-state index contributed by atoms with van der Waals surface area (Å²) in [5.74, 6) is 0.947. The second kappa shape index (κ2) is 5.71. The predicted octanol–water partition coefficient (Wildman–Crippen LogP) is 3.09. The van der Waals surface area contributed by atoms with Crippen molar-refractivity contribution in [3.8, 4) is 5.75 Å². The SMILES string of the molecule is CC(C)Oc1ccc(N(C)C(=O)C(C)C)cc1. The number of rotatable bonds is 4. The van der Waals surface area contributed by atoms with Crippen LogP contribution < -0.4 is 9.64 Å². The van der Waals surface area contributed by atoms with Crippen LogP contribution in [0.2, 0.25) is 0 Å². The highest BCUT2D eigenvalue weighted by atomic mass is 16.5. The molecular weight excluding hydrogens is 214 g/mol. The first kappa shape index (κ1) is 13.6. The van der Waals surface area contributed by atoms with Crippen molar-refractivity contribution in [1.82, 2.24) is 0 Å². The molecular formula is C14H21NO2. The van der Waals surface area contributed by atoms with Crippen LogP contribution in [-0.2, 0) is 4.79 Å². The zero-order valence-electron chi connectivity index (χ0n) is 11.2. The molecule has 0 radical (unpaired) electrons. The summed E-state index contributed by atoms with van der Waals surface area (Å²) in [5.41, 5.74) is 0.889. The number of ether oxygens (including phenoxy) is 1. The van der Waals surface area contributed by atoms with Crippen LogP contribution >= 0.6 is 0 Å².